The van der Waals surface area contributed by atoms with E-state index in [1.807, 2.05) is 65.0 Å². The van der Waals surface area contributed by atoms with Crippen LogP contribution >= 0.6 is 0 Å². The predicted molar refractivity (Wildman–Crippen MR) is 275 cm³/mol. The number of hydrogen-bond donors (Lipinski definition) is 4. The Kier molecular flexibility index (Phi) is 23.9. The molecular formula is C57H89NO15. The number of piperidine rings is 1. The number of carbonyl (C=O) groups is 5. The Morgan fingerprint density at radius 3 is 2.23 bits per heavy atom. The number of nitrogens with zero attached hydrogens (tertiary/aromatic N) is 1. The van der Waals surface area contributed by atoms with Crippen LogP contribution in [-0.4, -0.2) is 150 Å². The number of esters is 2. The molecule has 1 aliphatic carbocycles. The molecule has 0 radical (unpaired) electrons. The molecule has 0 spiro atoms. The maximum atomic E-state index is 14.6. The van der Waals surface area contributed by atoms with Gasteiger partial charge in [0.1, 0.15) is 41.7 Å². The first-order chi connectivity index (χ1) is 34.5. The summed E-state index contributed by atoms with van der Waals surface area (Å²) < 4.78 is 35.9. The van der Waals surface area contributed by atoms with Crippen LogP contribution in [0.25, 0.3) is 0 Å². The van der Waals surface area contributed by atoms with Gasteiger partial charge in [-0.05, 0) is 114 Å². The highest BCUT2D eigenvalue weighted by Gasteiger charge is 2.49. The minimum absolute atomic E-state index is 0.00548. The van der Waals surface area contributed by atoms with E-state index in [1.165, 1.54) is 26.0 Å². The van der Waals surface area contributed by atoms with Gasteiger partial charge in [0.05, 0.1) is 37.1 Å². The number of ether oxygens (including phenoxy) is 6. The van der Waals surface area contributed by atoms with Crippen LogP contribution in [0.15, 0.2) is 59.8 Å². The number of cyclic esters (lactones) is 1. The molecule has 0 aromatic rings. The molecule has 2 bridgehead atoms. The second-order valence-electron chi connectivity index (χ2n) is 22.0. The van der Waals surface area contributed by atoms with E-state index in [0.717, 1.165) is 5.57 Å². The zero-order chi connectivity index (χ0) is 54.4. The quantitative estimate of drug-likeness (QED) is 0.101. The van der Waals surface area contributed by atoms with Crippen LogP contribution in [-0.2, 0) is 52.4 Å². The Labute approximate surface area is 434 Å². The number of ketones is 2. The van der Waals surface area contributed by atoms with Crippen LogP contribution in [0.4, 0.5) is 0 Å². The van der Waals surface area contributed by atoms with E-state index in [9.17, 15) is 44.4 Å². The summed E-state index contributed by atoms with van der Waals surface area (Å²) in [5.74, 6) is -6.72. The number of hydrogen-bond acceptors (Lipinski definition) is 15. The topological polar surface area (TPSA) is 225 Å². The van der Waals surface area contributed by atoms with Gasteiger partial charge in [0.15, 0.2) is 11.6 Å². The first kappa shape index (κ1) is 61.7. The molecule has 1 saturated carbocycles. The molecule has 4 aliphatic rings. The Morgan fingerprint density at radius 1 is 0.890 bits per heavy atom. The molecule has 2 saturated heterocycles. The lowest BCUT2D eigenvalue weighted by molar-refractivity contribution is -0.259. The van der Waals surface area contributed by atoms with Crippen molar-refractivity contribution < 1.29 is 72.8 Å². The molecule has 3 fully saturated rings. The summed E-state index contributed by atoms with van der Waals surface area (Å²) in [6, 6.07) is -1.04. The molecule has 3 aliphatic heterocycles. The molecule has 15 unspecified atom stereocenters. The van der Waals surface area contributed by atoms with Gasteiger partial charge in [-0.1, -0.05) is 77.7 Å². The monoisotopic (exact) mass is 1030 g/mol. The van der Waals surface area contributed by atoms with Crippen LogP contribution < -0.4 is 0 Å². The number of carbonyl (C=O) groups excluding carboxylic acids is 5. The van der Waals surface area contributed by atoms with Crippen molar-refractivity contribution in [3.05, 3.63) is 59.8 Å². The third-order valence-electron chi connectivity index (χ3n) is 16.1. The van der Waals surface area contributed by atoms with Gasteiger partial charge in [0.25, 0.3) is 5.91 Å². The molecular weight excluding hydrogens is 939 g/mol. The van der Waals surface area contributed by atoms with Crippen molar-refractivity contribution in [3.63, 3.8) is 0 Å². The zero-order valence-electron chi connectivity index (χ0n) is 45.6. The predicted octanol–water partition coefficient (Wildman–Crippen LogP) is 6.71. The third kappa shape index (κ3) is 16.1. The number of Topliss-reactive ketones (excluding diaryl/α,β-unsaturated/α-hetero) is 2. The standard InChI is InChI=1S/C57H89NO15/c1-34-18-14-13-15-19-35(2)47(68-10)30-43-23-21-40(7)57(67,73-43)41(8)53(64)58-25-17-16-20-44(58)54(65)71-48(31-45(61)36(3)27-39(6)51(63)52(70-12)50(62)38(5)26-34)37(4)28-42-22-24-46(49(29-42)69-11)72-55(66)56(9,32-59)33-60/h13-15,18-19,27,34,36-38,40,42-44,46-49,51-52,59-60,63,67H,8,16-17,20-26,28-33H2,1-7,9-12H3/b15-13+,18-14+,35-19+,39-27+. The van der Waals surface area contributed by atoms with Gasteiger partial charge < -0.3 is 53.7 Å². The van der Waals surface area contributed by atoms with E-state index >= 15 is 0 Å². The van der Waals surface area contributed by atoms with E-state index < -0.39 is 109 Å². The first-order valence-corrected chi connectivity index (χ1v) is 26.5. The van der Waals surface area contributed by atoms with Gasteiger partial charge >= 0.3 is 11.9 Å². The van der Waals surface area contributed by atoms with Crippen LogP contribution in [0.5, 0.6) is 0 Å². The summed E-state index contributed by atoms with van der Waals surface area (Å²) in [4.78, 5) is 71.7. The maximum Gasteiger partial charge on any atom is 0.329 e. The van der Waals surface area contributed by atoms with E-state index in [-0.39, 0.29) is 54.5 Å². The lowest BCUT2D eigenvalue weighted by Crippen LogP contribution is -2.56. The fourth-order valence-corrected chi connectivity index (χ4v) is 10.8. The Morgan fingerprint density at radius 2 is 1.59 bits per heavy atom. The number of methoxy groups -OCH3 is 3. The minimum atomic E-state index is -2.02. The van der Waals surface area contributed by atoms with Crippen molar-refractivity contribution >= 4 is 29.4 Å². The Hall–Kier alpha value is -3.87. The first-order valence-electron chi connectivity index (χ1n) is 26.5. The van der Waals surface area contributed by atoms with Crippen molar-refractivity contribution in [2.45, 2.75) is 187 Å². The number of amides is 1. The van der Waals surface area contributed by atoms with Gasteiger partial charge in [-0.2, -0.15) is 0 Å². The van der Waals surface area contributed by atoms with Crippen molar-refractivity contribution in [1.29, 1.82) is 0 Å². The third-order valence-corrected chi connectivity index (χ3v) is 16.1. The molecule has 412 valence electrons. The SMILES string of the molecule is C=C1C(=O)N2CCCCC2C(=O)OC(C(C)CC2CCC(OC(=O)C(C)(CO)CO)C(OC)C2)CC(=O)C(C)/C=C(\C)C(O)C(OC)C(=O)C(C)CC(C)/C=C/C=C/C=C(\C)C(OC)CC2CCC(C)C1(O)O2. The second kappa shape index (κ2) is 28.3. The number of aliphatic hydroxyl groups is 4. The van der Waals surface area contributed by atoms with Crippen LogP contribution in [0.1, 0.15) is 132 Å². The smallest absolute Gasteiger partial charge is 0.329 e. The molecule has 0 aromatic heterocycles. The van der Waals surface area contributed by atoms with Crippen LogP contribution in [0.2, 0.25) is 0 Å². The van der Waals surface area contributed by atoms with Gasteiger partial charge in [0, 0.05) is 58.5 Å². The average Bonchev–Trinajstić information content (AvgIpc) is 3.37. The Bertz CT molecular complexity index is 2010. The summed E-state index contributed by atoms with van der Waals surface area (Å²) >= 11 is 0. The molecule has 73 heavy (non-hydrogen) atoms. The van der Waals surface area contributed by atoms with Gasteiger partial charge in [-0.25, -0.2) is 4.79 Å². The van der Waals surface area contributed by atoms with E-state index in [4.69, 9.17) is 28.4 Å². The highest BCUT2D eigenvalue weighted by Crippen LogP contribution is 2.41. The van der Waals surface area contributed by atoms with E-state index in [2.05, 4.69) is 6.58 Å². The summed E-state index contributed by atoms with van der Waals surface area (Å²) in [6.07, 6.45) is 11.2. The van der Waals surface area contributed by atoms with Gasteiger partial charge in [-0.15, -0.1) is 0 Å². The lowest BCUT2D eigenvalue weighted by Gasteiger charge is -2.45. The highest BCUT2D eigenvalue weighted by molar-refractivity contribution is 5.97. The fourth-order valence-electron chi connectivity index (χ4n) is 10.8. The summed E-state index contributed by atoms with van der Waals surface area (Å²) in [5, 5.41) is 43.4. The molecule has 0 aromatic carbocycles. The molecule has 16 heteroatoms. The number of rotatable bonds is 10. The van der Waals surface area contributed by atoms with Crippen molar-refractivity contribution in [3.8, 4) is 0 Å². The molecule has 16 nitrogen and oxygen atoms in total. The zero-order valence-corrected chi connectivity index (χ0v) is 45.6. The van der Waals surface area contributed by atoms with Crippen molar-refractivity contribution in [2.24, 2.45) is 40.9 Å². The summed E-state index contributed by atoms with van der Waals surface area (Å²) in [7, 11) is 4.51. The minimum Gasteiger partial charge on any atom is -0.460 e. The van der Waals surface area contributed by atoms with Crippen molar-refractivity contribution in [2.75, 3.05) is 41.1 Å². The fraction of sp³-hybridized carbons (Fsp3) is 0.737. The Balaban J connectivity index is 1.69. The molecule has 1 amide bonds. The average molecular weight is 1030 g/mol. The molecule has 15 atom stereocenters. The number of aliphatic hydroxyl groups excluding tert-OH is 3. The molecule has 4 rings (SSSR count). The maximum absolute atomic E-state index is 14.6. The second-order valence-corrected chi connectivity index (χ2v) is 22.0. The van der Waals surface area contributed by atoms with E-state index in [1.54, 1.807) is 27.0 Å². The van der Waals surface area contributed by atoms with Crippen molar-refractivity contribution in [1.82, 2.24) is 4.90 Å². The largest absolute Gasteiger partial charge is 0.460 e. The number of fused-ring (bicyclic) bond motifs is 3. The van der Waals surface area contributed by atoms with Crippen LogP contribution in [0, 0.1) is 40.9 Å². The highest BCUT2D eigenvalue weighted by atomic mass is 16.6. The molecule has 4 N–H and O–H groups in total. The summed E-state index contributed by atoms with van der Waals surface area (Å²) in [6.45, 7) is 17.4. The normalized spacial score (nSPS) is 37.4. The number of allylic oxidation sites excluding steroid dienone is 6. The molecule has 3 heterocycles. The lowest BCUT2D eigenvalue weighted by atomic mass is 9.78. The van der Waals surface area contributed by atoms with Crippen LogP contribution in [0.3, 0.4) is 0 Å². The van der Waals surface area contributed by atoms with Gasteiger partial charge in [0.2, 0.25) is 0 Å². The summed E-state index contributed by atoms with van der Waals surface area (Å²) in [5.41, 5.74) is -0.349. The van der Waals surface area contributed by atoms with Gasteiger partial charge in [-0.3, -0.25) is 19.2 Å². The van der Waals surface area contributed by atoms with E-state index in [0.29, 0.717) is 69.8 Å².